The minimum absolute atomic E-state index is 0.0635. The molecule has 0 aromatic rings. The Bertz CT molecular complexity index is 247. The highest BCUT2D eigenvalue weighted by Crippen LogP contribution is 2.41. The van der Waals surface area contributed by atoms with Gasteiger partial charge in [0.1, 0.15) is 5.60 Å². The highest BCUT2D eigenvalue weighted by atomic mass is 32.2. The van der Waals surface area contributed by atoms with Gasteiger partial charge < -0.3 is 9.84 Å². The summed E-state index contributed by atoms with van der Waals surface area (Å²) < 4.78 is 5.16. The number of esters is 1. The summed E-state index contributed by atoms with van der Waals surface area (Å²) in [6.45, 7) is 7.73. The number of rotatable bonds is 2. The Balaban J connectivity index is 2.51. The van der Waals surface area contributed by atoms with Crippen LogP contribution < -0.4 is 0 Å². The largest absolute Gasteiger partial charge is 0.460 e. The lowest BCUT2D eigenvalue weighted by Crippen LogP contribution is -2.30. The minimum atomic E-state index is -0.417. The summed E-state index contributed by atoms with van der Waals surface area (Å²) in [5.41, 5.74) is -0.417. The number of carbonyl (C=O) groups is 1. The van der Waals surface area contributed by atoms with Crippen molar-refractivity contribution < 1.29 is 14.6 Å². The van der Waals surface area contributed by atoms with E-state index in [4.69, 9.17) is 4.74 Å². The second-order valence-corrected chi connectivity index (χ2v) is 6.96. The van der Waals surface area contributed by atoms with Crippen LogP contribution in [0, 0.1) is 5.92 Å². The van der Waals surface area contributed by atoms with Gasteiger partial charge in [-0.05, 0) is 34.1 Å². The van der Waals surface area contributed by atoms with Gasteiger partial charge in [0.2, 0.25) is 0 Å². The minimum Gasteiger partial charge on any atom is -0.460 e. The maximum atomic E-state index is 11.7. The van der Waals surface area contributed by atoms with Crippen molar-refractivity contribution in [1.82, 2.24) is 0 Å². The third-order valence-electron chi connectivity index (χ3n) is 2.39. The molecule has 1 aliphatic rings. The average molecular weight is 232 g/mol. The van der Waals surface area contributed by atoms with Gasteiger partial charge >= 0.3 is 5.97 Å². The Morgan fingerprint density at radius 2 is 2.20 bits per heavy atom. The molecule has 0 aromatic carbocycles. The van der Waals surface area contributed by atoms with Gasteiger partial charge in [0.15, 0.2) is 0 Å². The first-order valence-electron chi connectivity index (χ1n) is 5.23. The molecule has 1 fully saturated rings. The lowest BCUT2D eigenvalue weighted by atomic mass is 9.98. The molecule has 0 spiro atoms. The number of thioether (sulfide) groups is 1. The lowest BCUT2D eigenvalue weighted by molar-refractivity contribution is -0.159. The zero-order valence-electron chi connectivity index (χ0n) is 9.87. The fourth-order valence-corrected chi connectivity index (χ4v) is 2.86. The van der Waals surface area contributed by atoms with Gasteiger partial charge in [-0.1, -0.05) is 0 Å². The maximum absolute atomic E-state index is 11.7. The summed E-state index contributed by atoms with van der Waals surface area (Å²) in [6.07, 6.45) is 0.711. The summed E-state index contributed by atoms with van der Waals surface area (Å²) in [6, 6.07) is 0. The summed E-state index contributed by atoms with van der Waals surface area (Å²) in [5.74, 6) is 0.560. The Morgan fingerprint density at radius 3 is 2.60 bits per heavy atom. The maximum Gasteiger partial charge on any atom is 0.310 e. The van der Waals surface area contributed by atoms with E-state index in [1.807, 2.05) is 27.7 Å². The summed E-state index contributed by atoms with van der Waals surface area (Å²) in [4.78, 5) is 11.7. The predicted molar refractivity (Wildman–Crippen MR) is 61.9 cm³/mol. The summed E-state index contributed by atoms with van der Waals surface area (Å²) >= 11 is 1.66. The second-order valence-electron chi connectivity index (χ2n) is 5.35. The fraction of sp³-hybridized carbons (Fsp3) is 0.909. The van der Waals surface area contributed by atoms with Gasteiger partial charge in [0, 0.05) is 10.5 Å². The van der Waals surface area contributed by atoms with Crippen molar-refractivity contribution in [2.24, 2.45) is 5.92 Å². The number of aliphatic hydroxyl groups is 1. The fourth-order valence-electron chi connectivity index (χ4n) is 1.59. The van der Waals surface area contributed by atoms with E-state index in [0.29, 0.717) is 6.42 Å². The Hall–Kier alpha value is -0.220. The van der Waals surface area contributed by atoms with Crippen LogP contribution in [-0.4, -0.2) is 33.8 Å². The van der Waals surface area contributed by atoms with Crippen molar-refractivity contribution in [3.63, 3.8) is 0 Å². The van der Waals surface area contributed by atoms with E-state index >= 15 is 0 Å². The third-order valence-corrected chi connectivity index (χ3v) is 3.95. The third kappa shape index (κ3) is 3.68. The molecule has 0 amide bonds. The molecule has 0 radical (unpaired) electrons. The smallest absolute Gasteiger partial charge is 0.310 e. The molecule has 15 heavy (non-hydrogen) atoms. The Kier molecular flexibility index (Phi) is 3.71. The first kappa shape index (κ1) is 12.8. The van der Waals surface area contributed by atoms with Crippen molar-refractivity contribution in [2.45, 2.75) is 44.5 Å². The standard InChI is InChI=1S/C11H20O3S/c1-10(2,3)14-9(13)8-5-11(4,7-12)15-6-8/h8,12H,5-7H2,1-4H3. The number of hydrogen-bond acceptors (Lipinski definition) is 4. The van der Waals surface area contributed by atoms with Crippen LogP contribution in [0.4, 0.5) is 0 Å². The molecule has 88 valence electrons. The van der Waals surface area contributed by atoms with Crippen LogP contribution in [0.15, 0.2) is 0 Å². The van der Waals surface area contributed by atoms with Gasteiger partial charge in [-0.3, -0.25) is 4.79 Å². The summed E-state index contributed by atoms with van der Waals surface area (Å²) in [7, 11) is 0. The second kappa shape index (κ2) is 4.34. The molecule has 0 aliphatic carbocycles. The van der Waals surface area contributed by atoms with Crippen molar-refractivity contribution in [3.05, 3.63) is 0 Å². The van der Waals surface area contributed by atoms with Gasteiger partial charge in [-0.15, -0.1) is 0 Å². The lowest BCUT2D eigenvalue weighted by Gasteiger charge is -2.23. The molecule has 1 heterocycles. The molecule has 1 rings (SSSR count). The molecule has 2 unspecified atom stereocenters. The van der Waals surface area contributed by atoms with E-state index in [1.165, 1.54) is 0 Å². The van der Waals surface area contributed by atoms with Crippen LogP contribution >= 0.6 is 11.8 Å². The Morgan fingerprint density at radius 1 is 1.60 bits per heavy atom. The molecule has 0 saturated carbocycles. The normalized spacial score (nSPS) is 31.7. The quantitative estimate of drug-likeness (QED) is 0.738. The van der Waals surface area contributed by atoms with Crippen molar-refractivity contribution in [2.75, 3.05) is 12.4 Å². The predicted octanol–water partition coefficient (Wildman–Crippen LogP) is 1.83. The van der Waals surface area contributed by atoms with Crippen molar-refractivity contribution in [3.8, 4) is 0 Å². The van der Waals surface area contributed by atoms with Crippen LogP contribution in [0.25, 0.3) is 0 Å². The number of carbonyl (C=O) groups excluding carboxylic acids is 1. The van der Waals surface area contributed by atoms with Gasteiger partial charge in [-0.2, -0.15) is 11.8 Å². The number of hydrogen-bond donors (Lipinski definition) is 1. The average Bonchev–Trinajstić information content (AvgIpc) is 2.46. The zero-order chi connectivity index (χ0) is 11.7. The van der Waals surface area contributed by atoms with E-state index in [-0.39, 0.29) is 23.2 Å². The van der Waals surface area contributed by atoms with Gasteiger partial charge in [-0.25, -0.2) is 0 Å². The molecule has 0 bridgehead atoms. The first-order valence-corrected chi connectivity index (χ1v) is 6.22. The number of ether oxygens (including phenoxy) is 1. The molecule has 4 heteroatoms. The van der Waals surface area contributed by atoms with Crippen LogP contribution in [-0.2, 0) is 9.53 Å². The van der Waals surface area contributed by atoms with E-state index in [9.17, 15) is 9.90 Å². The highest BCUT2D eigenvalue weighted by Gasteiger charge is 2.40. The SMILES string of the molecule is CC(C)(C)OC(=O)C1CSC(C)(CO)C1. The molecule has 2 atom stereocenters. The molecule has 1 aliphatic heterocycles. The highest BCUT2D eigenvalue weighted by molar-refractivity contribution is 8.00. The van der Waals surface area contributed by atoms with Gasteiger partial charge in [0.05, 0.1) is 12.5 Å². The molecular weight excluding hydrogens is 212 g/mol. The molecule has 3 nitrogen and oxygen atoms in total. The molecular formula is C11H20O3S. The topological polar surface area (TPSA) is 46.5 Å². The monoisotopic (exact) mass is 232 g/mol. The molecule has 0 aromatic heterocycles. The number of aliphatic hydroxyl groups excluding tert-OH is 1. The zero-order valence-corrected chi connectivity index (χ0v) is 10.7. The van der Waals surface area contributed by atoms with E-state index in [0.717, 1.165) is 5.75 Å². The van der Waals surface area contributed by atoms with Crippen LogP contribution in [0.5, 0.6) is 0 Å². The Labute approximate surface area is 95.6 Å². The van der Waals surface area contributed by atoms with Crippen LogP contribution in [0.3, 0.4) is 0 Å². The van der Waals surface area contributed by atoms with Crippen LogP contribution in [0.1, 0.15) is 34.1 Å². The van der Waals surface area contributed by atoms with E-state index in [2.05, 4.69) is 0 Å². The van der Waals surface area contributed by atoms with Crippen molar-refractivity contribution >= 4 is 17.7 Å². The summed E-state index contributed by atoms with van der Waals surface area (Å²) in [5, 5.41) is 9.18. The van der Waals surface area contributed by atoms with E-state index < -0.39 is 5.60 Å². The van der Waals surface area contributed by atoms with E-state index in [1.54, 1.807) is 11.8 Å². The first-order chi connectivity index (χ1) is 6.76. The van der Waals surface area contributed by atoms with Gasteiger partial charge in [0.25, 0.3) is 0 Å². The molecule has 1 saturated heterocycles. The molecule has 1 N–H and O–H groups in total. The van der Waals surface area contributed by atoms with Crippen molar-refractivity contribution in [1.29, 1.82) is 0 Å². The van der Waals surface area contributed by atoms with Crippen LogP contribution in [0.2, 0.25) is 0 Å².